The Morgan fingerprint density at radius 3 is 2.57 bits per heavy atom. The van der Waals surface area contributed by atoms with Crippen LogP contribution < -0.4 is 5.32 Å². The first-order valence-electron chi connectivity index (χ1n) is 8.83. The Morgan fingerprint density at radius 2 is 1.91 bits per heavy atom. The minimum Gasteiger partial charge on any atom is -0.350 e. The normalized spacial score (nSPS) is 16.7. The van der Waals surface area contributed by atoms with Gasteiger partial charge in [0.05, 0.1) is 10.7 Å². The minimum absolute atomic E-state index is 0.0370. The minimum atomic E-state index is 0.0370. The number of aryl methyl sites for hydroxylation is 2. The van der Waals surface area contributed by atoms with E-state index in [-0.39, 0.29) is 5.91 Å². The van der Waals surface area contributed by atoms with Crippen LogP contribution in [0.2, 0.25) is 0 Å². The molecule has 2 rings (SSSR count). The highest BCUT2D eigenvalue weighted by molar-refractivity contribution is 7.13. The number of piperazine rings is 1. The number of rotatable bonds is 8. The predicted octanol–water partition coefficient (Wildman–Crippen LogP) is 2.16. The van der Waals surface area contributed by atoms with Crippen LogP contribution in [0.25, 0.3) is 0 Å². The highest BCUT2D eigenvalue weighted by atomic mass is 32.1. The number of thiazole rings is 1. The summed E-state index contributed by atoms with van der Waals surface area (Å²) in [6.07, 6.45) is 3.28. The van der Waals surface area contributed by atoms with E-state index in [1.165, 1.54) is 0 Å². The summed E-state index contributed by atoms with van der Waals surface area (Å²) in [5.41, 5.74) is 0.871. The van der Waals surface area contributed by atoms with Crippen LogP contribution in [0.4, 0.5) is 0 Å². The average Bonchev–Trinajstić information content (AvgIpc) is 2.94. The van der Waals surface area contributed by atoms with Gasteiger partial charge in [-0.1, -0.05) is 20.3 Å². The van der Waals surface area contributed by atoms with Gasteiger partial charge in [-0.15, -0.1) is 11.3 Å². The molecule has 1 aromatic rings. The van der Waals surface area contributed by atoms with E-state index in [0.717, 1.165) is 74.1 Å². The lowest BCUT2D eigenvalue weighted by Crippen LogP contribution is -2.48. The van der Waals surface area contributed by atoms with Gasteiger partial charge >= 0.3 is 0 Å². The Hall–Kier alpha value is -0.980. The number of hydrogen-bond acceptors (Lipinski definition) is 5. The van der Waals surface area contributed by atoms with E-state index in [4.69, 9.17) is 0 Å². The third kappa shape index (κ3) is 5.55. The number of aromatic nitrogens is 1. The van der Waals surface area contributed by atoms with Crippen molar-refractivity contribution in [2.45, 2.75) is 40.0 Å². The summed E-state index contributed by atoms with van der Waals surface area (Å²) in [5, 5.41) is 4.15. The second-order valence-electron chi connectivity index (χ2n) is 6.16. The van der Waals surface area contributed by atoms with Gasteiger partial charge < -0.3 is 10.2 Å². The van der Waals surface area contributed by atoms with Gasteiger partial charge in [-0.25, -0.2) is 4.98 Å². The van der Waals surface area contributed by atoms with Crippen molar-refractivity contribution < 1.29 is 4.79 Å². The van der Waals surface area contributed by atoms with Crippen LogP contribution in [0.5, 0.6) is 0 Å². The molecule has 1 fully saturated rings. The zero-order valence-electron chi connectivity index (χ0n) is 14.7. The molecule has 0 saturated carbocycles. The highest BCUT2D eigenvalue weighted by Gasteiger charge is 2.17. The van der Waals surface area contributed by atoms with Crippen molar-refractivity contribution in [2.24, 2.45) is 0 Å². The lowest BCUT2D eigenvalue weighted by molar-refractivity contribution is 0.0941. The monoisotopic (exact) mass is 338 g/mol. The average molecular weight is 339 g/mol. The molecule has 5 nitrogen and oxygen atoms in total. The number of nitrogens with zero attached hydrogens (tertiary/aromatic N) is 3. The quantitative estimate of drug-likeness (QED) is 0.789. The summed E-state index contributed by atoms with van der Waals surface area (Å²) in [6.45, 7) is 13.6. The fourth-order valence-corrected chi connectivity index (χ4v) is 3.86. The predicted molar refractivity (Wildman–Crippen MR) is 96.4 cm³/mol. The Kier molecular flexibility index (Phi) is 7.46. The van der Waals surface area contributed by atoms with Gasteiger partial charge in [0.15, 0.2) is 0 Å². The first kappa shape index (κ1) is 18.4. The van der Waals surface area contributed by atoms with Crippen LogP contribution in [-0.4, -0.2) is 66.5 Å². The summed E-state index contributed by atoms with van der Waals surface area (Å²) in [6, 6.07) is 0. The molecule has 1 aromatic heterocycles. The van der Waals surface area contributed by atoms with E-state index in [1.54, 1.807) is 11.3 Å². The fourth-order valence-electron chi connectivity index (χ4n) is 2.83. The maximum absolute atomic E-state index is 12.3. The number of amides is 1. The molecule has 0 bridgehead atoms. The van der Waals surface area contributed by atoms with E-state index in [9.17, 15) is 4.79 Å². The number of likely N-dealkylation sites (N-methyl/N-ethyl adjacent to an activating group) is 1. The van der Waals surface area contributed by atoms with Crippen molar-refractivity contribution in [2.75, 3.05) is 45.8 Å². The smallest absolute Gasteiger partial charge is 0.263 e. The van der Waals surface area contributed by atoms with E-state index in [2.05, 4.69) is 33.9 Å². The van der Waals surface area contributed by atoms with Crippen LogP contribution >= 0.6 is 11.3 Å². The van der Waals surface area contributed by atoms with Gasteiger partial charge in [-0.2, -0.15) is 0 Å². The molecule has 0 atom stereocenters. The van der Waals surface area contributed by atoms with E-state index < -0.39 is 0 Å². The third-order valence-corrected chi connectivity index (χ3v) is 5.63. The zero-order valence-corrected chi connectivity index (χ0v) is 15.5. The van der Waals surface area contributed by atoms with Gasteiger partial charge in [-0.3, -0.25) is 9.69 Å². The zero-order chi connectivity index (χ0) is 16.7. The molecule has 1 amide bonds. The van der Waals surface area contributed by atoms with Crippen molar-refractivity contribution in [3.8, 4) is 0 Å². The Balaban J connectivity index is 1.73. The lowest BCUT2D eigenvalue weighted by Gasteiger charge is -2.33. The summed E-state index contributed by atoms with van der Waals surface area (Å²) < 4.78 is 0. The molecule has 130 valence electrons. The van der Waals surface area contributed by atoms with Crippen molar-refractivity contribution >= 4 is 17.2 Å². The number of unbranched alkanes of at least 4 members (excludes halogenated alkanes) is 1. The van der Waals surface area contributed by atoms with Crippen LogP contribution in [0.1, 0.15) is 47.1 Å². The maximum Gasteiger partial charge on any atom is 0.263 e. The van der Waals surface area contributed by atoms with Gasteiger partial charge in [0, 0.05) is 39.3 Å². The maximum atomic E-state index is 12.3. The summed E-state index contributed by atoms with van der Waals surface area (Å²) in [7, 11) is 0. The molecule has 0 radical (unpaired) electrons. The van der Waals surface area contributed by atoms with Crippen molar-refractivity contribution in [3.63, 3.8) is 0 Å². The molecule has 2 heterocycles. The molecule has 0 aromatic carbocycles. The highest BCUT2D eigenvalue weighted by Crippen LogP contribution is 2.19. The van der Waals surface area contributed by atoms with E-state index in [1.807, 2.05) is 6.92 Å². The number of carbonyl (C=O) groups excluding carboxylic acids is 1. The molecule has 1 aliphatic heterocycles. The van der Waals surface area contributed by atoms with Crippen LogP contribution in [0, 0.1) is 6.92 Å². The number of hydrogen-bond donors (Lipinski definition) is 1. The SMILES string of the molecule is CCCCc1nc(C)c(C(=O)NCCN2CCN(CC)CC2)s1. The Labute approximate surface area is 144 Å². The third-order valence-electron chi connectivity index (χ3n) is 4.42. The Bertz CT molecular complexity index is 495. The van der Waals surface area contributed by atoms with Crippen molar-refractivity contribution in [3.05, 3.63) is 15.6 Å². The van der Waals surface area contributed by atoms with Gasteiger partial charge in [0.1, 0.15) is 4.88 Å². The molecule has 0 aliphatic carbocycles. The second kappa shape index (κ2) is 9.35. The molecule has 1 aliphatic rings. The second-order valence-corrected chi connectivity index (χ2v) is 7.24. The fraction of sp³-hybridized carbons (Fsp3) is 0.765. The largest absolute Gasteiger partial charge is 0.350 e. The van der Waals surface area contributed by atoms with Crippen LogP contribution in [0.3, 0.4) is 0 Å². The topological polar surface area (TPSA) is 48.5 Å². The summed E-state index contributed by atoms with van der Waals surface area (Å²) >= 11 is 1.55. The molecule has 6 heteroatoms. The molecule has 0 spiro atoms. The molecule has 1 N–H and O–H groups in total. The summed E-state index contributed by atoms with van der Waals surface area (Å²) in [4.78, 5) is 22.5. The molecular weight excluding hydrogens is 308 g/mol. The van der Waals surface area contributed by atoms with Crippen molar-refractivity contribution in [1.82, 2.24) is 20.1 Å². The van der Waals surface area contributed by atoms with Crippen LogP contribution in [0.15, 0.2) is 0 Å². The van der Waals surface area contributed by atoms with Gasteiger partial charge in [-0.05, 0) is 26.3 Å². The number of nitrogens with one attached hydrogen (secondary N) is 1. The van der Waals surface area contributed by atoms with Crippen molar-refractivity contribution in [1.29, 1.82) is 0 Å². The number of carbonyl (C=O) groups is 1. The van der Waals surface area contributed by atoms with Gasteiger partial charge in [0.2, 0.25) is 0 Å². The lowest BCUT2D eigenvalue weighted by atomic mass is 10.3. The standard InChI is InChI=1S/C17H30N4OS/c1-4-6-7-15-19-14(3)16(23-15)17(22)18-8-9-21-12-10-20(5-2)11-13-21/h4-13H2,1-3H3,(H,18,22). The first-order valence-corrected chi connectivity index (χ1v) is 9.64. The Morgan fingerprint density at radius 1 is 1.22 bits per heavy atom. The molecule has 1 saturated heterocycles. The molecule has 0 unspecified atom stereocenters. The molecular formula is C17H30N4OS. The van der Waals surface area contributed by atoms with Gasteiger partial charge in [0.25, 0.3) is 5.91 Å². The van der Waals surface area contributed by atoms with E-state index in [0.29, 0.717) is 6.54 Å². The van der Waals surface area contributed by atoms with E-state index >= 15 is 0 Å². The first-order chi connectivity index (χ1) is 11.1. The van der Waals surface area contributed by atoms with Crippen LogP contribution in [-0.2, 0) is 6.42 Å². The molecule has 23 heavy (non-hydrogen) atoms. The summed E-state index contributed by atoms with van der Waals surface area (Å²) in [5.74, 6) is 0.0370.